The number of aliphatic hydroxyl groups excluding tert-OH is 1. The van der Waals surface area contributed by atoms with Crippen molar-refractivity contribution in [2.45, 2.75) is 19.3 Å². The Kier molecular flexibility index (Phi) is 6.66. The highest BCUT2D eigenvalue weighted by atomic mass is 79.9. The van der Waals surface area contributed by atoms with Crippen molar-refractivity contribution < 1.29 is 10.3 Å². The van der Waals surface area contributed by atoms with E-state index in [1.807, 2.05) is 25.2 Å². The summed E-state index contributed by atoms with van der Waals surface area (Å²) in [4.78, 5) is 2.07. The van der Waals surface area contributed by atoms with E-state index >= 15 is 0 Å². The molecule has 1 aromatic rings. The van der Waals surface area contributed by atoms with E-state index in [1.54, 1.807) is 0 Å². The van der Waals surface area contributed by atoms with E-state index in [1.165, 1.54) is 0 Å². The van der Waals surface area contributed by atoms with Crippen LogP contribution in [-0.4, -0.2) is 36.3 Å². The quantitative estimate of drug-likeness (QED) is 0.235. The minimum absolute atomic E-state index is 0.0958. The lowest BCUT2D eigenvalue weighted by atomic mass is 10.1. The van der Waals surface area contributed by atoms with Crippen LogP contribution in [0, 0.1) is 0 Å². The van der Waals surface area contributed by atoms with Crippen LogP contribution >= 0.6 is 15.9 Å². The van der Waals surface area contributed by atoms with Gasteiger partial charge in [0, 0.05) is 35.9 Å². The smallest absolute Gasteiger partial charge is 0.172 e. The second-order valence-electron chi connectivity index (χ2n) is 4.35. The SMILES string of the molecule is CN(CCCCCO)c1ccc(Br)cc1/C(N)=N/O. The molecule has 106 valence electrons. The summed E-state index contributed by atoms with van der Waals surface area (Å²) in [5.41, 5.74) is 7.31. The number of nitrogens with zero attached hydrogens (tertiary/aromatic N) is 2. The molecule has 0 spiro atoms. The third kappa shape index (κ3) is 4.72. The number of rotatable bonds is 7. The van der Waals surface area contributed by atoms with Gasteiger partial charge in [0.2, 0.25) is 0 Å². The van der Waals surface area contributed by atoms with Crippen molar-refractivity contribution in [2.24, 2.45) is 10.9 Å². The Bertz CT molecular complexity index is 438. The van der Waals surface area contributed by atoms with E-state index in [9.17, 15) is 0 Å². The lowest BCUT2D eigenvalue weighted by Gasteiger charge is -2.22. The summed E-state index contributed by atoms with van der Waals surface area (Å²) >= 11 is 3.38. The first-order valence-electron chi connectivity index (χ1n) is 6.19. The lowest BCUT2D eigenvalue weighted by molar-refractivity contribution is 0.283. The van der Waals surface area contributed by atoms with Crippen molar-refractivity contribution in [1.82, 2.24) is 0 Å². The van der Waals surface area contributed by atoms with Crippen LogP contribution in [0.25, 0.3) is 0 Å². The monoisotopic (exact) mass is 329 g/mol. The zero-order valence-corrected chi connectivity index (χ0v) is 12.6. The van der Waals surface area contributed by atoms with E-state index in [-0.39, 0.29) is 12.4 Å². The minimum Gasteiger partial charge on any atom is -0.409 e. The van der Waals surface area contributed by atoms with E-state index in [4.69, 9.17) is 16.0 Å². The largest absolute Gasteiger partial charge is 0.409 e. The molecule has 1 aromatic carbocycles. The van der Waals surface area contributed by atoms with Crippen LogP contribution in [0.2, 0.25) is 0 Å². The molecule has 0 aliphatic rings. The molecule has 6 heteroatoms. The predicted molar refractivity (Wildman–Crippen MR) is 80.9 cm³/mol. The van der Waals surface area contributed by atoms with Gasteiger partial charge in [0.15, 0.2) is 5.84 Å². The maximum atomic E-state index is 8.83. The van der Waals surface area contributed by atoms with Crippen LogP contribution in [-0.2, 0) is 0 Å². The van der Waals surface area contributed by atoms with Crippen molar-refractivity contribution in [3.05, 3.63) is 28.2 Å². The van der Waals surface area contributed by atoms with Gasteiger partial charge in [0.1, 0.15) is 0 Å². The predicted octanol–water partition coefficient (Wildman–Crippen LogP) is 2.14. The highest BCUT2D eigenvalue weighted by molar-refractivity contribution is 9.10. The zero-order chi connectivity index (χ0) is 14.3. The van der Waals surface area contributed by atoms with Crippen molar-refractivity contribution in [3.8, 4) is 0 Å². The highest BCUT2D eigenvalue weighted by Crippen LogP contribution is 2.24. The third-order valence-corrected chi connectivity index (χ3v) is 3.40. The number of hydrogen-bond donors (Lipinski definition) is 3. The van der Waals surface area contributed by atoms with Gasteiger partial charge in [-0.1, -0.05) is 21.1 Å². The Balaban J connectivity index is 2.81. The van der Waals surface area contributed by atoms with Crippen molar-refractivity contribution in [2.75, 3.05) is 25.1 Å². The van der Waals surface area contributed by atoms with Crippen LogP contribution in [0.3, 0.4) is 0 Å². The molecule has 0 aliphatic carbocycles. The van der Waals surface area contributed by atoms with Crippen LogP contribution in [0.5, 0.6) is 0 Å². The van der Waals surface area contributed by atoms with E-state index in [2.05, 4.69) is 26.0 Å². The maximum absolute atomic E-state index is 8.83. The maximum Gasteiger partial charge on any atom is 0.172 e. The molecule has 5 nitrogen and oxygen atoms in total. The van der Waals surface area contributed by atoms with Gasteiger partial charge < -0.3 is 20.9 Å². The van der Waals surface area contributed by atoms with Gasteiger partial charge in [-0.25, -0.2) is 0 Å². The molecule has 1 rings (SSSR count). The van der Waals surface area contributed by atoms with Gasteiger partial charge >= 0.3 is 0 Å². The van der Waals surface area contributed by atoms with E-state index in [0.29, 0.717) is 5.56 Å². The van der Waals surface area contributed by atoms with Gasteiger partial charge in [-0.3, -0.25) is 0 Å². The summed E-state index contributed by atoms with van der Waals surface area (Å²) in [6.07, 6.45) is 2.79. The Morgan fingerprint density at radius 2 is 2.11 bits per heavy atom. The first-order valence-corrected chi connectivity index (χ1v) is 6.99. The highest BCUT2D eigenvalue weighted by Gasteiger charge is 2.11. The number of benzene rings is 1. The van der Waals surface area contributed by atoms with Crippen molar-refractivity contribution >= 4 is 27.5 Å². The van der Waals surface area contributed by atoms with Gasteiger partial charge in [-0.15, -0.1) is 0 Å². The summed E-state index contributed by atoms with van der Waals surface area (Å²) in [5, 5.41) is 20.6. The van der Waals surface area contributed by atoms with Crippen molar-refractivity contribution in [1.29, 1.82) is 0 Å². The normalized spacial score (nSPS) is 11.6. The van der Waals surface area contributed by atoms with E-state index in [0.717, 1.165) is 36.0 Å². The molecule has 0 atom stereocenters. The van der Waals surface area contributed by atoms with Gasteiger partial charge in [-0.2, -0.15) is 0 Å². The van der Waals surface area contributed by atoms with Gasteiger partial charge in [0.05, 0.1) is 0 Å². The fourth-order valence-electron chi connectivity index (χ4n) is 1.86. The van der Waals surface area contributed by atoms with Crippen LogP contribution in [0.1, 0.15) is 24.8 Å². The molecule has 4 N–H and O–H groups in total. The molecule has 0 saturated heterocycles. The number of oxime groups is 1. The molecule has 0 saturated carbocycles. The Morgan fingerprint density at radius 1 is 1.37 bits per heavy atom. The zero-order valence-electron chi connectivity index (χ0n) is 11.0. The molecule has 0 radical (unpaired) electrons. The van der Waals surface area contributed by atoms with E-state index < -0.39 is 0 Å². The van der Waals surface area contributed by atoms with Crippen LogP contribution in [0.4, 0.5) is 5.69 Å². The number of nitrogens with two attached hydrogens (primary N) is 1. The molecule has 0 aliphatic heterocycles. The first kappa shape index (κ1) is 15.8. The molecule has 19 heavy (non-hydrogen) atoms. The average Bonchev–Trinajstić information content (AvgIpc) is 2.42. The molecule has 0 bridgehead atoms. The Hall–Kier alpha value is -1.27. The lowest BCUT2D eigenvalue weighted by Crippen LogP contribution is -2.24. The molecule has 0 heterocycles. The van der Waals surface area contributed by atoms with Crippen LogP contribution < -0.4 is 10.6 Å². The number of anilines is 1. The fourth-order valence-corrected chi connectivity index (χ4v) is 2.22. The van der Waals surface area contributed by atoms with Crippen molar-refractivity contribution in [3.63, 3.8) is 0 Å². The molecule has 0 fully saturated rings. The second-order valence-corrected chi connectivity index (χ2v) is 5.27. The number of hydrogen-bond acceptors (Lipinski definition) is 4. The summed E-state index contributed by atoms with van der Waals surface area (Å²) in [6.45, 7) is 1.09. The Labute approximate surface area is 121 Å². The molecule has 0 amide bonds. The fraction of sp³-hybridized carbons (Fsp3) is 0.462. The minimum atomic E-state index is 0.0958. The molecule has 0 unspecified atom stereocenters. The second kappa shape index (κ2) is 8.01. The van der Waals surface area contributed by atoms with Gasteiger partial charge in [0.25, 0.3) is 0 Å². The average molecular weight is 330 g/mol. The standard InChI is InChI=1S/C13H20BrN3O2/c1-17(7-3-2-4-8-18)12-6-5-10(14)9-11(12)13(15)16-19/h5-6,9,18-19H,2-4,7-8H2,1H3,(H2,15,16). The summed E-state index contributed by atoms with van der Waals surface area (Å²) in [7, 11) is 1.97. The number of halogens is 1. The topological polar surface area (TPSA) is 82.1 Å². The Morgan fingerprint density at radius 3 is 2.74 bits per heavy atom. The third-order valence-electron chi connectivity index (χ3n) is 2.91. The van der Waals surface area contributed by atoms with Gasteiger partial charge in [-0.05, 0) is 37.5 Å². The molecule has 0 aromatic heterocycles. The first-order chi connectivity index (χ1) is 9.10. The molecular weight excluding hydrogens is 310 g/mol. The number of amidine groups is 1. The number of aliphatic hydroxyl groups is 1. The van der Waals surface area contributed by atoms with Crippen LogP contribution in [0.15, 0.2) is 27.8 Å². The molecular formula is C13H20BrN3O2. The summed E-state index contributed by atoms with van der Waals surface area (Å²) in [6, 6.07) is 5.69. The summed E-state index contributed by atoms with van der Waals surface area (Å²) in [5.74, 6) is 0.0958. The number of unbranched alkanes of at least 4 members (excludes halogenated alkanes) is 2. The summed E-state index contributed by atoms with van der Waals surface area (Å²) < 4.78 is 0.881.